The summed E-state index contributed by atoms with van der Waals surface area (Å²) in [5.41, 5.74) is 2.58. The van der Waals surface area contributed by atoms with Gasteiger partial charge in [-0.15, -0.1) is 0 Å². The Bertz CT molecular complexity index is 1160. The smallest absolute Gasteiger partial charge is 0.158 e. The van der Waals surface area contributed by atoms with Gasteiger partial charge in [-0.05, 0) is 35.4 Å². The van der Waals surface area contributed by atoms with Gasteiger partial charge in [0.25, 0.3) is 0 Å². The molecule has 0 aliphatic carbocycles. The fraction of sp³-hybridized carbons (Fsp3) is 0. The molecule has 0 fully saturated rings. The van der Waals surface area contributed by atoms with Gasteiger partial charge in [-0.2, -0.15) is 10.5 Å². The molecular weight excluding hydrogens is 303 g/mol. The van der Waals surface area contributed by atoms with Crippen LogP contribution < -0.4 is 0 Å². The molecule has 0 saturated heterocycles. The van der Waals surface area contributed by atoms with Gasteiger partial charge in [0.05, 0.1) is 11.1 Å². The van der Waals surface area contributed by atoms with Gasteiger partial charge in [0.15, 0.2) is 5.82 Å². The Morgan fingerprint density at radius 2 is 1.50 bits per heavy atom. The molecule has 1 heterocycles. The van der Waals surface area contributed by atoms with E-state index in [0.717, 1.165) is 21.9 Å². The predicted octanol–water partition coefficient (Wildman–Crippen LogP) is 5.14. The van der Waals surface area contributed by atoms with Gasteiger partial charge in [0.1, 0.15) is 23.3 Å². The molecule has 0 aliphatic rings. The molecule has 0 atom stereocenters. The van der Waals surface area contributed by atoms with E-state index in [0.29, 0.717) is 11.1 Å². The summed E-state index contributed by atoms with van der Waals surface area (Å²) in [6.45, 7) is 0. The van der Waals surface area contributed by atoms with Crippen LogP contribution in [0.1, 0.15) is 11.1 Å². The molecule has 0 saturated carbocycles. The Labute approximate surface area is 136 Å². The average Bonchev–Trinajstić information content (AvgIpc) is 3.00. The van der Waals surface area contributed by atoms with Crippen LogP contribution in [0.25, 0.3) is 33.1 Å². The molecular formula is C20H9FN2O. The highest BCUT2D eigenvalue weighted by Gasteiger charge is 2.16. The van der Waals surface area contributed by atoms with Gasteiger partial charge in [-0.1, -0.05) is 30.3 Å². The largest absolute Gasteiger partial charge is 0.456 e. The Hall–Kier alpha value is -3.63. The van der Waals surface area contributed by atoms with Crippen molar-refractivity contribution in [2.24, 2.45) is 0 Å². The van der Waals surface area contributed by atoms with Crippen LogP contribution in [0.5, 0.6) is 0 Å². The van der Waals surface area contributed by atoms with Crippen LogP contribution in [0.15, 0.2) is 59.0 Å². The number of para-hydroxylation sites is 1. The minimum absolute atomic E-state index is 0.145. The summed E-state index contributed by atoms with van der Waals surface area (Å²) in [5, 5.41) is 20.1. The van der Waals surface area contributed by atoms with Crippen molar-refractivity contribution in [2.75, 3.05) is 0 Å². The molecule has 0 aliphatic heterocycles. The van der Waals surface area contributed by atoms with Crippen molar-refractivity contribution >= 4 is 21.9 Å². The molecule has 3 aromatic carbocycles. The second kappa shape index (κ2) is 5.22. The third kappa shape index (κ3) is 1.95. The minimum Gasteiger partial charge on any atom is -0.456 e. The minimum atomic E-state index is -0.784. The number of halogens is 1. The lowest BCUT2D eigenvalue weighted by Gasteiger charge is -2.06. The van der Waals surface area contributed by atoms with Crippen LogP contribution in [0.2, 0.25) is 0 Å². The molecule has 0 N–H and O–H groups in total. The molecule has 0 bridgehead atoms. The highest BCUT2D eigenvalue weighted by atomic mass is 19.1. The van der Waals surface area contributed by atoms with Gasteiger partial charge in [0.2, 0.25) is 0 Å². The lowest BCUT2D eigenvalue weighted by molar-refractivity contribution is 0.620. The lowest BCUT2D eigenvalue weighted by atomic mass is 9.96. The molecule has 4 heteroatoms. The Morgan fingerprint density at radius 3 is 2.21 bits per heavy atom. The van der Waals surface area contributed by atoms with Crippen molar-refractivity contribution in [3.05, 3.63) is 71.5 Å². The molecule has 0 amide bonds. The SMILES string of the molecule is N#Cc1cc(-c2cccc3oc4ccccc4c23)cc(C#N)c1F. The molecule has 24 heavy (non-hydrogen) atoms. The summed E-state index contributed by atoms with van der Waals surface area (Å²) in [6.07, 6.45) is 0. The summed E-state index contributed by atoms with van der Waals surface area (Å²) in [6, 6.07) is 19.8. The first-order valence-electron chi connectivity index (χ1n) is 7.27. The average molecular weight is 312 g/mol. The maximum absolute atomic E-state index is 14.0. The topological polar surface area (TPSA) is 60.7 Å². The highest BCUT2D eigenvalue weighted by molar-refractivity contribution is 6.12. The molecule has 112 valence electrons. The van der Waals surface area contributed by atoms with Gasteiger partial charge in [0, 0.05) is 10.8 Å². The van der Waals surface area contributed by atoms with E-state index in [-0.39, 0.29) is 11.1 Å². The van der Waals surface area contributed by atoms with E-state index in [9.17, 15) is 4.39 Å². The van der Waals surface area contributed by atoms with Gasteiger partial charge in [-0.25, -0.2) is 4.39 Å². The number of benzene rings is 3. The van der Waals surface area contributed by atoms with Gasteiger partial charge >= 0.3 is 0 Å². The normalized spacial score (nSPS) is 10.6. The summed E-state index contributed by atoms with van der Waals surface area (Å²) in [4.78, 5) is 0. The van der Waals surface area contributed by atoms with E-state index < -0.39 is 5.82 Å². The third-order valence-electron chi connectivity index (χ3n) is 4.03. The molecule has 1 aromatic heterocycles. The second-order valence-electron chi connectivity index (χ2n) is 5.39. The third-order valence-corrected chi connectivity index (χ3v) is 4.03. The fourth-order valence-electron chi connectivity index (χ4n) is 2.96. The number of rotatable bonds is 1. The summed E-state index contributed by atoms with van der Waals surface area (Å²) >= 11 is 0. The lowest BCUT2D eigenvalue weighted by Crippen LogP contribution is -1.92. The molecule has 0 spiro atoms. The summed E-state index contributed by atoms with van der Waals surface area (Å²) < 4.78 is 19.9. The van der Waals surface area contributed by atoms with E-state index in [4.69, 9.17) is 14.9 Å². The maximum Gasteiger partial charge on any atom is 0.158 e. The van der Waals surface area contributed by atoms with Gasteiger partial charge < -0.3 is 4.42 Å². The van der Waals surface area contributed by atoms with Crippen molar-refractivity contribution in [3.63, 3.8) is 0 Å². The first-order valence-corrected chi connectivity index (χ1v) is 7.27. The zero-order valence-electron chi connectivity index (χ0n) is 12.4. The van der Waals surface area contributed by atoms with E-state index in [2.05, 4.69) is 0 Å². The quantitative estimate of drug-likeness (QED) is 0.489. The van der Waals surface area contributed by atoms with Crippen LogP contribution in [0, 0.1) is 28.5 Å². The van der Waals surface area contributed by atoms with E-state index in [1.807, 2.05) is 54.6 Å². The maximum atomic E-state index is 14.0. The number of nitrogens with zero attached hydrogens (tertiary/aromatic N) is 2. The first kappa shape index (κ1) is 14.0. The Kier molecular flexibility index (Phi) is 3.05. The van der Waals surface area contributed by atoms with E-state index >= 15 is 0 Å². The van der Waals surface area contributed by atoms with Crippen molar-refractivity contribution in [1.82, 2.24) is 0 Å². The Morgan fingerprint density at radius 1 is 0.833 bits per heavy atom. The van der Waals surface area contributed by atoms with Crippen LogP contribution >= 0.6 is 0 Å². The number of nitriles is 2. The van der Waals surface area contributed by atoms with Crippen LogP contribution in [0.3, 0.4) is 0 Å². The van der Waals surface area contributed by atoms with Crippen LogP contribution in [-0.4, -0.2) is 0 Å². The standard InChI is InChI=1S/C20H9FN2O/c21-20-13(10-22)8-12(9-14(20)11-23)15-5-3-7-18-19(15)16-4-1-2-6-17(16)24-18/h1-9H. The van der Waals surface area contributed by atoms with E-state index in [1.165, 1.54) is 12.1 Å². The fourth-order valence-corrected chi connectivity index (χ4v) is 2.96. The van der Waals surface area contributed by atoms with Crippen LogP contribution in [-0.2, 0) is 0 Å². The number of hydrogen-bond donors (Lipinski definition) is 0. The van der Waals surface area contributed by atoms with Crippen LogP contribution in [0.4, 0.5) is 4.39 Å². The molecule has 0 unspecified atom stereocenters. The molecule has 0 radical (unpaired) electrons. The number of fused-ring (bicyclic) bond motifs is 3. The summed E-state index contributed by atoms with van der Waals surface area (Å²) in [5.74, 6) is -0.784. The summed E-state index contributed by atoms with van der Waals surface area (Å²) in [7, 11) is 0. The predicted molar refractivity (Wildman–Crippen MR) is 88.5 cm³/mol. The molecule has 4 aromatic rings. The van der Waals surface area contributed by atoms with E-state index in [1.54, 1.807) is 0 Å². The first-order chi connectivity index (χ1) is 11.7. The second-order valence-corrected chi connectivity index (χ2v) is 5.39. The van der Waals surface area contributed by atoms with Crippen molar-refractivity contribution in [2.45, 2.75) is 0 Å². The van der Waals surface area contributed by atoms with Crippen molar-refractivity contribution in [1.29, 1.82) is 10.5 Å². The zero-order valence-corrected chi connectivity index (χ0v) is 12.4. The molecule has 4 rings (SSSR count). The van der Waals surface area contributed by atoms with Crippen molar-refractivity contribution in [3.8, 4) is 23.3 Å². The van der Waals surface area contributed by atoms with Crippen molar-refractivity contribution < 1.29 is 8.81 Å². The Balaban J connectivity index is 2.12. The van der Waals surface area contributed by atoms with Gasteiger partial charge in [-0.3, -0.25) is 0 Å². The monoisotopic (exact) mass is 312 g/mol. The number of furan rings is 1. The number of hydrogen-bond acceptors (Lipinski definition) is 3. The zero-order chi connectivity index (χ0) is 16.7. The highest BCUT2D eigenvalue weighted by Crippen LogP contribution is 2.37. The molecule has 3 nitrogen and oxygen atoms in total.